The zero-order chi connectivity index (χ0) is 26.0. The topological polar surface area (TPSA) is 93.7 Å². The van der Waals surface area contributed by atoms with Crippen molar-refractivity contribution in [2.75, 3.05) is 6.61 Å². The Morgan fingerprint density at radius 3 is 2.75 bits per heavy atom. The molecule has 0 aliphatic carbocycles. The Bertz CT molecular complexity index is 1600. The number of nitrogens with zero attached hydrogens (tertiary/aromatic N) is 3. The molecule has 1 unspecified atom stereocenters. The molecule has 2 heterocycles. The van der Waals surface area contributed by atoms with E-state index in [2.05, 4.69) is 20.9 Å². The van der Waals surface area contributed by atoms with E-state index in [1.165, 1.54) is 15.9 Å². The number of rotatable bonds is 6. The lowest BCUT2D eigenvalue weighted by atomic mass is 9.96. The third-order valence-electron chi connectivity index (χ3n) is 5.33. The van der Waals surface area contributed by atoms with E-state index in [1.807, 2.05) is 12.1 Å². The van der Waals surface area contributed by atoms with Crippen LogP contribution in [-0.4, -0.2) is 23.2 Å². The first-order valence-electron chi connectivity index (χ1n) is 11.0. The van der Waals surface area contributed by atoms with Crippen LogP contribution in [0, 0.1) is 11.3 Å². The van der Waals surface area contributed by atoms with Crippen molar-refractivity contribution >= 4 is 50.9 Å². The molecule has 0 radical (unpaired) electrons. The van der Waals surface area contributed by atoms with Gasteiger partial charge in [0.05, 0.1) is 26.4 Å². The molecule has 7 nitrogen and oxygen atoms in total. The van der Waals surface area contributed by atoms with Crippen molar-refractivity contribution in [1.82, 2.24) is 4.57 Å². The van der Waals surface area contributed by atoms with E-state index >= 15 is 0 Å². The van der Waals surface area contributed by atoms with Gasteiger partial charge in [-0.1, -0.05) is 47.2 Å². The minimum atomic E-state index is -0.781. The lowest BCUT2D eigenvalue weighted by Crippen LogP contribution is -2.40. The molecule has 36 heavy (non-hydrogen) atoms. The van der Waals surface area contributed by atoms with Crippen LogP contribution in [0.2, 0.25) is 5.02 Å². The highest BCUT2D eigenvalue weighted by Crippen LogP contribution is 2.34. The third-order valence-corrected chi connectivity index (χ3v) is 7.28. The molecule has 1 aromatic heterocycles. The molecule has 0 fully saturated rings. The van der Waals surface area contributed by atoms with Crippen molar-refractivity contribution in [3.63, 3.8) is 0 Å². The SMILES string of the molecule is CC1=C(C(=O)OC(C)C)C(c2ccccc2Cl)n2c(sc(=Cc3ccc(OCC#N)c(Br)c3)c2=O)=N1. The van der Waals surface area contributed by atoms with Gasteiger partial charge in [-0.25, -0.2) is 9.79 Å². The van der Waals surface area contributed by atoms with E-state index in [-0.39, 0.29) is 23.8 Å². The molecule has 184 valence electrons. The number of hydrogen-bond acceptors (Lipinski definition) is 7. The van der Waals surface area contributed by atoms with Crippen LogP contribution in [0.1, 0.15) is 37.9 Å². The molecule has 0 N–H and O–H groups in total. The Morgan fingerprint density at radius 2 is 2.08 bits per heavy atom. The number of fused-ring (bicyclic) bond motifs is 1. The molecular formula is C26H21BrClN3O4S. The second kappa shape index (κ2) is 10.8. The predicted octanol–water partition coefficient (Wildman–Crippen LogP) is 4.51. The van der Waals surface area contributed by atoms with Crippen LogP contribution < -0.4 is 19.6 Å². The summed E-state index contributed by atoms with van der Waals surface area (Å²) in [4.78, 5) is 31.9. The summed E-state index contributed by atoms with van der Waals surface area (Å²) >= 11 is 11.2. The first kappa shape index (κ1) is 25.9. The van der Waals surface area contributed by atoms with Gasteiger partial charge in [-0.05, 0) is 72.1 Å². The molecule has 1 aliphatic rings. The first-order chi connectivity index (χ1) is 17.2. The zero-order valence-electron chi connectivity index (χ0n) is 19.6. The average molecular weight is 587 g/mol. The molecule has 2 aromatic carbocycles. The number of halogens is 2. The number of esters is 1. The lowest BCUT2D eigenvalue weighted by molar-refractivity contribution is -0.143. The molecule has 1 aliphatic heterocycles. The number of carbonyl (C=O) groups excluding carboxylic acids is 1. The summed E-state index contributed by atoms with van der Waals surface area (Å²) in [5, 5.41) is 9.16. The quantitative estimate of drug-likeness (QED) is 0.397. The molecule has 0 bridgehead atoms. The second-order valence-corrected chi connectivity index (χ2v) is 10.5. The average Bonchev–Trinajstić information content (AvgIpc) is 3.12. The van der Waals surface area contributed by atoms with E-state index in [0.29, 0.717) is 35.8 Å². The van der Waals surface area contributed by atoms with Crippen molar-refractivity contribution < 1.29 is 14.3 Å². The van der Waals surface area contributed by atoms with Gasteiger partial charge in [-0.3, -0.25) is 9.36 Å². The van der Waals surface area contributed by atoms with Crippen LogP contribution in [0.4, 0.5) is 0 Å². The summed E-state index contributed by atoms with van der Waals surface area (Å²) in [7, 11) is 0. The van der Waals surface area contributed by atoms with Crippen LogP contribution in [0.3, 0.4) is 0 Å². The largest absolute Gasteiger partial charge is 0.478 e. The van der Waals surface area contributed by atoms with Crippen LogP contribution in [-0.2, 0) is 9.53 Å². The summed E-state index contributed by atoms with van der Waals surface area (Å²) in [6.45, 7) is 5.19. The molecule has 3 aromatic rings. The fraction of sp³-hybridized carbons (Fsp3) is 0.231. The fourth-order valence-electron chi connectivity index (χ4n) is 3.84. The Hall–Kier alpha value is -3.19. The number of aromatic nitrogens is 1. The number of allylic oxidation sites excluding steroid dienone is 1. The van der Waals surface area contributed by atoms with Crippen LogP contribution in [0.25, 0.3) is 6.08 Å². The Kier molecular flexibility index (Phi) is 7.79. The van der Waals surface area contributed by atoms with Gasteiger partial charge < -0.3 is 9.47 Å². The van der Waals surface area contributed by atoms with Crippen molar-refractivity contribution in [3.8, 4) is 11.8 Å². The predicted molar refractivity (Wildman–Crippen MR) is 142 cm³/mol. The number of carbonyl (C=O) groups is 1. The van der Waals surface area contributed by atoms with Gasteiger partial charge in [0.1, 0.15) is 17.9 Å². The highest BCUT2D eigenvalue weighted by molar-refractivity contribution is 9.10. The zero-order valence-corrected chi connectivity index (χ0v) is 22.8. The monoisotopic (exact) mass is 585 g/mol. The molecule has 0 spiro atoms. The normalized spacial score (nSPS) is 15.4. The van der Waals surface area contributed by atoms with Crippen LogP contribution >= 0.6 is 38.9 Å². The smallest absolute Gasteiger partial charge is 0.338 e. The summed E-state index contributed by atoms with van der Waals surface area (Å²) in [6.07, 6.45) is 1.41. The number of nitriles is 1. The second-order valence-electron chi connectivity index (χ2n) is 8.19. The molecule has 1 atom stereocenters. The van der Waals surface area contributed by atoms with E-state index < -0.39 is 12.0 Å². The van der Waals surface area contributed by atoms with Crippen LogP contribution in [0.5, 0.6) is 5.75 Å². The van der Waals surface area contributed by atoms with Crippen molar-refractivity contribution in [2.24, 2.45) is 4.99 Å². The van der Waals surface area contributed by atoms with E-state index in [9.17, 15) is 9.59 Å². The Morgan fingerprint density at radius 1 is 1.33 bits per heavy atom. The van der Waals surface area contributed by atoms with Gasteiger partial charge in [0.15, 0.2) is 11.4 Å². The summed E-state index contributed by atoms with van der Waals surface area (Å²) < 4.78 is 13.5. The van der Waals surface area contributed by atoms with Gasteiger partial charge in [-0.15, -0.1) is 0 Å². The molecule has 0 amide bonds. The van der Waals surface area contributed by atoms with E-state index in [4.69, 9.17) is 26.3 Å². The number of ether oxygens (including phenoxy) is 2. The lowest BCUT2D eigenvalue weighted by Gasteiger charge is -2.26. The van der Waals surface area contributed by atoms with Gasteiger partial charge >= 0.3 is 5.97 Å². The Balaban J connectivity index is 1.88. The maximum absolute atomic E-state index is 13.7. The van der Waals surface area contributed by atoms with Crippen molar-refractivity contribution in [2.45, 2.75) is 32.9 Å². The summed E-state index contributed by atoms with van der Waals surface area (Å²) in [5.74, 6) is -0.0138. The van der Waals surface area contributed by atoms with Gasteiger partial charge in [0.2, 0.25) is 0 Å². The first-order valence-corrected chi connectivity index (χ1v) is 13.0. The minimum absolute atomic E-state index is 0.0699. The minimum Gasteiger partial charge on any atom is -0.478 e. The fourth-order valence-corrected chi connectivity index (χ4v) is 5.63. The van der Waals surface area contributed by atoms with E-state index in [0.717, 1.165) is 5.56 Å². The standard InChI is InChI=1S/C26H21BrClN3O4S/c1-14(2)35-25(33)22-15(3)30-26-31(23(22)17-6-4-5-7-19(17)28)24(32)21(36-26)13-16-8-9-20(18(27)12-16)34-11-10-29/h4-9,12-14,23H,11H2,1-3H3. The van der Waals surface area contributed by atoms with Gasteiger partial charge in [0, 0.05) is 5.02 Å². The van der Waals surface area contributed by atoms with E-state index in [1.54, 1.807) is 63.2 Å². The van der Waals surface area contributed by atoms with Gasteiger partial charge in [0.25, 0.3) is 5.56 Å². The maximum atomic E-state index is 13.7. The Labute approximate surface area is 224 Å². The number of thiazole rings is 1. The molecule has 4 rings (SSSR count). The highest BCUT2D eigenvalue weighted by Gasteiger charge is 2.34. The molecule has 10 heteroatoms. The highest BCUT2D eigenvalue weighted by atomic mass is 79.9. The van der Waals surface area contributed by atoms with Gasteiger partial charge in [-0.2, -0.15) is 5.26 Å². The summed E-state index contributed by atoms with van der Waals surface area (Å²) in [5.41, 5.74) is 1.81. The maximum Gasteiger partial charge on any atom is 0.338 e. The van der Waals surface area contributed by atoms with Crippen molar-refractivity contribution in [3.05, 3.63) is 94.0 Å². The number of hydrogen-bond donors (Lipinski definition) is 0. The molecule has 0 saturated heterocycles. The summed E-state index contributed by atoms with van der Waals surface area (Å²) in [6, 6.07) is 13.6. The van der Waals surface area contributed by atoms with Crippen molar-refractivity contribution in [1.29, 1.82) is 5.26 Å². The third kappa shape index (κ3) is 5.16. The van der Waals surface area contributed by atoms with Crippen LogP contribution in [0.15, 0.2) is 68.0 Å². The molecular weight excluding hydrogens is 566 g/mol. The molecule has 0 saturated carbocycles. The number of benzene rings is 2.